The number of carbonyl (C=O) groups is 1. The summed E-state index contributed by atoms with van der Waals surface area (Å²) in [5.41, 5.74) is 0.368. The summed E-state index contributed by atoms with van der Waals surface area (Å²) in [5.74, 6) is -0.710. The van der Waals surface area contributed by atoms with E-state index in [9.17, 15) is 9.18 Å². The van der Waals surface area contributed by atoms with Crippen molar-refractivity contribution in [3.63, 3.8) is 0 Å². The van der Waals surface area contributed by atoms with Gasteiger partial charge in [0, 0.05) is 6.42 Å². The molecule has 1 unspecified atom stereocenters. The van der Waals surface area contributed by atoms with Gasteiger partial charge in [-0.1, -0.05) is 12.1 Å². The van der Waals surface area contributed by atoms with E-state index < -0.39 is 5.54 Å². The zero-order valence-corrected chi connectivity index (χ0v) is 8.63. The molecule has 80 valence electrons. The van der Waals surface area contributed by atoms with Crippen molar-refractivity contribution >= 4 is 11.7 Å². The first kappa shape index (κ1) is 9.96. The van der Waals surface area contributed by atoms with Crippen molar-refractivity contribution < 1.29 is 13.9 Å². The van der Waals surface area contributed by atoms with Crippen LogP contribution in [0.5, 0.6) is 0 Å². The number of carbonyl (C=O) groups excluding carboxylic acids is 1. The number of hydrogen-bond donors (Lipinski definition) is 1. The van der Waals surface area contributed by atoms with Gasteiger partial charge in [0.1, 0.15) is 11.4 Å². The molecule has 1 aromatic carbocycles. The fourth-order valence-corrected chi connectivity index (χ4v) is 1.91. The van der Waals surface area contributed by atoms with Crippen LogP contribution in [0.4, 0.5) is 10.1 Å². The van der Waals surface area contributed by atoms with Crippen molar-refractivity contribution in [2.45, 2.75) is 18.9 Å². The third-order valence-corrected chi connectivity index (χ3v) is 2.68. The van der Waals surface area contributed by atoms with Crippen LogP contribution >= 0.6 is 0 Å². The van der Waals surface area contributed by atoms with Crippen molar-refractivity contribution in [3.05, 3.63) is 29.6 Å². The Morgan fingerprint density at radius 1 is 1.60 bits per heavy atom. The van der Waals surface area contributed by atoms with Crippen molar-refractivity contribution in [2.24, 2.45) is 0 Å². The maximum Gasteiger partial charge on any atom is 0.331 e. The van der Waals surface area contributed by atoms with Crippen LogP contribution in [0.2, 0.25) is 0 Å². The monoisotopic (exact) mass is 209 g/mol. The quantitative estimate of drug-likeness (QED) is 0.716. The van der Waals surface area contributed by atoms with Crippen LogP contribution in [0.15, 0.2) is 18.2 Å². The molecule has 2 rings (SSSR count). The molecular formula is C11H12FNO2. The second-order valence-corrected chi connectivity index (χ2v) is 3.90. The van der Waals surface area contributed by atoms with Gasteiger partial charge in [-0.3, -0.25) is 0 Å². The highest BCUT2D eigenvalue weighted by molar-refractivity contribution is 5.87. The number of fused-ring (bicyclic) bond motifs is 1. The van der Waals surface area contributed by atoms with E-state index in [1.165, 1.54) is 13.2 Å². The molecule has 15 heavy (non-hydrogen) atoms. The molecule has 1 atom stereocenters. The van der Waals surface area contributed by atoms with Gasteiger partial charge in [-0.2, -0.15) is 0 Å². The minimum Gasteiger partial charge on any atom is -0.467 e. The molecular weight excluding hydrogens is 197 g/mol. The Morgan fingerprint density at radius 2 is 2.33 bits per heavy atom. The lowest BCUT2D eigenvalue weighted by molar-refractivity contribution is -0.145. The Labute approximate surface area is 87.2 Å². The Hall–Kier alpha value is -1.58. The smallest absolute Gasteiger partial charge is 0.331 e. The standard InChI is InChI=1S/C11H12FNO2/c1-11(10(14)15-2)6-7-4-3-5-8(12)9(7)13-11/h3-5,13H,6H2,1-2H3. The summed E-state index contributed by atoms with van der Waals surface area (Å²) < 4.78 is 18.1. The van der Waals surface area contributed by atoms with Gasteiger partial charge in [0.05, 0.1) is 12.8 Å². The summed E-state index contributed by atoms with van der Waals surface area (Å²) in [5, 5.41) is 2.88. The van der Waals surface area contributed by atoms with E-state index in [2.05, 4.69) is 10.1 Å². The Morgan fingerprint density at radius 3 is 2.93 bits per heavy atom. The molecule has 0 saturated heterocycles. The van der Waals surface area contributed by atoms with E-state index in [1.54, 1.807) is 19.1 Å². The van der Waals surface area contributed by atoms with Crippen LogP contribution in [0.1, 0.15) is 12.5 Å². The average Bonchev–Trinajstić information content (AvgIpc) is 2.57. The zero-order valence-electron chi connectivity index (χ0n) is 8.63. The molecule has 1 aliphatic rings. The van der Waals surface area contributed by atoms with Gasteiger partial charge >= 0.3 is 5.97 Å². The third-order valence-electron chi connectivity index (χ3n) is 2.68. The number of esters is 1. The molecule has 1 aliphatic heterocycles. The number of methoxy groups -OCH3 is 1. The fourth-order valence-electron chi connectivity index (χ4n) is 1.91. The van der Waals surface area contributed by atoms with E-state index in [-0.39, 0.29) is 11.8 Å². The van der Waals surface area contributed by atoms with Gasteiger partial charge < -0.3 is 10.1 Å². The zero-order chi connectivity index (χ0) is 11.1. The number of nitrogens with one attached hydrogen (secondary N) is 1. The Balaban J connectivity index is 2.37. The van der Waals surface area contributed by atoms with Crippen LogP contribution < -0.4 is 5.32 Å². The third kappa shape index (κ3) is 1.46. The second kappa shape index (κ2) is 3.22. The van der Waals surface area contributed by atoms with Crippen LogP contribution in [-0.2, 0) is 16.0 Å². The number of ether oxygens (including phenoxy) is 1. The highest BCUT2D eigenvalue weighted by Gasteiger charge is 2.41. The van der Waals surface area contributed by atoms with Gasteiger partial charge in [-0.25, -0.2) is 9.18 Å². The Bertz CT molecular complexity index is 419. The molecule has 0 bridgehead atoms. The topological polar surface area (TPSA) is 38.3 Å². The molecule has 0 amide bonds. The molecule has 0 aromatic heterocycles. The molecule has 0 aliphatic carbocycles. The van der Waals surface area contributed by atoms with Crippen molar-refractivity contribution in [3.8, 4) is 0 Å². The predicted octanol–water partition coefficient (Wildman–Crippen LogP) is 1.73. The summed E-state index contributed by atoms with van der Waals surface area (Å²) >= 11 is 0. The van der Waals surface area contributed by atoms with Gasteiger partial charge in [0.2, 0.25) is 0 Å². The number of halogens is 1. The number of hydrogen-bond acceptors (Lipinski definition) is 3. The average molecular weight is 209 g/mol. The molecule has 0 saturated carbocycles. The lowest BCUT2D eigenvalue weighted by atomic mass is 9.98. The summed E-state index contributed by atoms with van der Waals surface area (Å²) in [4.78, 5) is 11.5. The lowest BCUT2D eigenvalue weighted by Gasteiger charge is -2.21. The van der Waals surface area contributed by atoms with Gasteiger partial charge in [0.15, 0.2) is 0 Å². The van der Waals surface area contributed by atoms with Gasteiger partial charge in [-0.05, 0) is 18.6 Å². The maximum atomic E-state index is 13.4. The van der Waals surface area contributed by atoms with Crippen molar-refractivity contribution in [1.29, 1.82) is 0 Å². The Kier molecular flexibility index (Phi) is 2.14. The first-order chi connectivity index (χ1) is 7.07. The van der Waals surface area contributed by atoms with Crippen LogP contribution in [0, 0.1) is 5.82 Å². The first-order valence-electron chi connectivity index (χ1n) is 4.71. The normalized spacial score (nSPS) is 23.1. The largest absolute Gasteiger partial charge is 0.467 e. The highest BCUT2D eigenvalue weighted by atomic mass is 19.1. The number of para-hydroxylation sites is 1. The maximum absolute atomic E-state index is 13.4. The van der Waals surface area contributed by atoms with E-state index in [0.29, 0.717) is 12.1 Å². The van der Waals surface area contributed by atoms with Crippen LogP contribution in [0.3, 0.4) is 0 Å². The van der Waals surface area contributed by atoms with Crippen LogP contribution in [-0.4, -0.2) is 18.6 Å². The molecule has 3 nitrogen and oxygen atoms in total. The number of anilines is 1. The molecule has 1 N–H and O–H groups in total. The van der Waals surface area contributed by atoms with E-state index in [1.807, 2.05) is 0 Å². The van der Waals surface area contributed by atoms with Crippen molar-refractivity contribution in [1.82, 2.24) is 0 Å². The molecule has 0 fully saturated rings. The summed E-state index contributed by atoms with van der Waals surface area (Å²) in [7, 11) is 1.33. The SMILES string of the molecule is COC(=O)C1(C)Cc2cccc(F)c2N1. The minimum absolute atomic E-state index is 0.333. The number of benzene rings is 1. The molecule has 1 heterocycles. The summed E-state index contributed by atoms with van der Waals surface area (Å²) in [6.45, 7) is 1.71. The number of rotatable bonds is 1. The van der Waals surface area contributed by atoms with E-state index in [4.69, 9.17) is 0 Å². The fraction of sp³-hybridized carbons (Fsp3) is 0.364. The molecule has 1 aromatic rings. The van der Waals surface area contributed by atoms with E-state index in [0.717, 1.165) is 5.56 Å². The minimum atomic E-state index is -0.848. The molecule has 4 heteroatoms. The van der Waals surface area contributed by atoms with Gasteiger partial charge in [0.25, 0.3) is 0 Å². The second-order valence-electron chi connectivity index (χ2n) is 3.90. The summed E-state index contributed by atoms with van der Waals surface area (Å²) in [6.07, 6.45) is 0.451. The highest BCUT2D eigenvalue weighted by Crippen LogP contribution is 2.34. The predicted molar refractivity (Wildman–Crippen MR) is 54.1 cm³/mol. The first-order valence-corrected chi connectivity index (χ1v) is 4.71. The van der Waals surface area contributed by atoms with E-state index >= 15 is 0 Å². The summed E-state index contributed by atoms with van der Waals surface area (Å²) in [6, 6.07) is 4.81. The van der Waals surface area contributed by atoms with Crippen LogP contribution in [0.25, 0.3) is 0 Å². The lowest BCUT2D eigenvalue weighted by Crippen LogP contribution is -2.42. The van der Waals surface area contributed by atoms with Crippen molar-refractivity contribution in [2.75, 3.05) is 12.4 Å². The van der Waals surface area contributed by atoms with Gasteiger partial charge in [-0.15, -0.1) is 0 Å². The molecule has 0 spiro atoms. The molecule has 0 radical (unpaired) electrons.